The van der Waals surface area contributed by atoms with Crippen molar-refractivity contribution in [2.24, 2.45) is 5.73 Å². The van der Waals surface area contributed by atoms with Crippen LogP contribution in [0.25, 0.3) is 33.3 Å². The number of aryl methyl sites for hydroxylation is 1. The first-order valence-corrected chi connectivity index (χ1v) is 11.9. The van der Waals surface area contributed by atoms with Crippen LogP contribution in [0, 0.1) is 6.92 Å². The Balaban J connectivity index is 0.00000111. The Bertz CT molecular complexity index is 1430. The lowest BCUT2D eigenvalue weighted by Gasteiger charge is -2.15. The highest BCUT2D eigenvalue weighted by Crippen LogP contribution is 2.38. The van der Waals surface area contributed by atoms with Crippen LogP contribution in [0.2, 0.25) is 0 Å². The van der Waals surface area contributed by atoms with E-state index in [9.17, 15) is 9.59 Å². The fourth-order valence-corrected chi connectivity index (χ4v) is 4.87. The van der Waals surface area contributed by atoms with E-state index >= 15 is 0 Å². The molecule has 8 heteroatoms. The number of carbonyl (C=O) groups excluding carboxylic acids is 2. The van der Waals surface area contributed by atoms with E-state index in [0.717, 1.165) is 38.9 Å². The van der Waals surface area contributed by atoms with Crippen molar-refractivity contribution in [1.82, 2.24) is 15.1 Å². The first-order valence-electron chi connectivity index (χ1n) is 11.1. The van der Waals surface area contributed by atoms with Gasteiger partial charge in [-0.15, -0.1) is 11.3 Å². The second-order valence-electron chi connectivity index (χ2n) is 7.96. The van der Waals surface area contributed by atoms with Gasteiger partial charge in [0.2, 0.25) is 5.91 Å². The van der Waals surface area contributed by atoms with Gasteiger partial charge in [-0.3, -0.25) is 14.7 Å². The summed E-state index contributed by atoms with van der Waals surface area (Å²) in [6.45, 7) is 10.2. The number of nitrogen functional groups attached to an aromatic ring is 1. The smallest absolute Gasteiger partial charge is 0.256 e. The van der Waals surface area contributed by atoms with E-state index in [0.29, 0.717) is 17.8 Å². The molecule has 7 nitrogen and oxygen atoms in total. The van der Waals surface area contributed by atoms with E-state index in [1.807, 2.05) is 32.0 Å². The fourth-order valence-electron chi connectivity index (χ4n) is 4.18. The maximum atomic E-state index is 13.0. The monoisotopic (exact) mass is 489 g/mol. The molecule has 4 aromatic rings. The van der Waals surface area contributed by atoms with Gasteiger partial charge in [0, 0.05) is 39.0 Å². The van der Waals surface area contributed by atoms with E-state index in [1.54, 1.807) is 22.3 Å². The third-order valence-corrected chi connectivity index (χ3v) is 6.66. The number of nitrogens with one attached hydrogen (secondary N) is 1. The van der Waals surface area contributed by atoms with Crippen molar-refractivity contribution in [3.63, 3.8) is 0 Å². The third-order valence-electron chi connectivity index (χ3n) is 5.80. The Morgan fingerprint density at radius 2 is 1.94 bits per heavy atom. The van der Waals surface area contributed by atoms with Crippen LogP contribution in [-0.4, -0.2) is 33.5 Å². The Morgan fingerprint density at radius 1 is 1.20 bits per heavy atom. The molecule has 1 aliphatic rings. The third kappa shape index (κ3) is 4.57. The molecule has 1 aliphatic heterocycles. The van der Waals surface area contributed by atoms with Gasteiger partial charge in [0.15, 0.2) is 0 Å². The minimum atomic E-state index is -0.622. The average Bonchev–Trinajstić information content (AvgIpc) is 3.52. The quantitative estimate of drug-likeness (QED) is 0.253. The molecule has 5 N–H and O–H groups in total. The highest BCUT2D eigenvalue weighted by molar-refractivity contribution is 7.10. The molecule has 2 aromatic carbocycles. The Labute approximate surface area is 209 Å². The lowest BCUT2D eigenvalue weighted by molar-refractivity contribution is -0.114. The largest absolute Gasteiger partial charge is 0.398 e. The molecular weight excluding hydrogens is 458 g/mol. The molecule has 0 saturated heterocycles. The van der Waals surface area contributed by atoms with Crippen molar-refractivity contribution in [2.75, 3.05) is 12.3 Å². The van der Waals surface area contributed by atoms with Crippen LogP contribution in [0.15, 0.2) is 53.9 Å². The number of nitrogens with zero attached hydrogens (tertiary/aromatic N) is 2. The number of aromatic amines is 1. The summed E-state index contributed by atoms with van der Waals surface area (Å²) in [5.41, 5.74) is 18.2. The lowest BCUT2D eigenvalue weighted by atomic mass is 9.94. The molecule has 3 heterocycles. The van der Waals surface area contributed by atoms with Crippen LogP contribution in [0.5, 0.6) is 0 Å². The number of nitrogens with two attached hydrogens (primary N) is 2. The Morgan fingerprint density at radius 3 is 2.60 bits per heavy atom. The normalized spacial score (nSPS) is 12.1. The van der Waals surface area contributed by atoms with E-state index in [4.69, 9.17) is 11.5 Å². The zero-order valence-corrected chi connectivity index (χ0v) is 20.3. The number of rotatable bonds is 5. The number of primary amides is 1. The summed E-state index contributed by atoms with van der Waals surface area (Å²) < 4.78 is 0. The maximum Gasteiger partial charge on any atom is 0.256 e. The van der Waals surface area contributed by atoms with Crippen LogP contribution in [0.4, 0.5) is 5.69 Å². The molecule has 0 bridgehead atoms. The minimum absolute atomic E-state index is 0. The van der Waals surface area contributed by atoms with Crippen molar-refractivity contribution in [3.8, 4) is 22.4 Å². The summed E-state index contributed by atoms with van der Waals surface area (Å²) in [6, 6.07) is 11.9. The molecule has 182 valence electrons. The van der Waals surface area contributed by atoms with Gasteiger partial charge in [-0.1, -0.05) is 40.0 Å². The maximum absolute atomic E-state index is 13.0. The van der Waals surface area contributed by atoms with Crippen molar-refractivity contribution in [2.45, 2.75) is 34.7 Å². The van der Waals surface area contributed by atoms with Gasteiger partial charge in [0.05, 0.1) is 17.6 Å². The lowest BCUT2D eigenvalue weighted by Crippen LogP contribution is -2.30. The van der Waals surface area contributed by atoms with Crippen LogP contribution in [0.1, 0.15) is 42.1 Å². The summed E-state index contributed by atoms with van der Waals surface area (Å²) >= 11 is 1.69. The summed E-state index contributed by atoms with van der Waals surface area (Å²) in [4.78, 5) is 27.2. The van der Waals surface area contributed by atoms with E-state index in [2.05, 4.69) is 41.2 Å². The first-order chi connectivity index (χ1) is 16.3. The zero-order valence-electron chi connectivity index (χ0n) is 19.4. The molecular formula is C27H31N5O2S. The summed E-state index contributed by atoms with van der Waals surface area (Å²) in [6.07, 6.45) is 0. The van der Waals surface area contributed by atoms with E-state index < -0.39 is 5.91 Å². The van der Waals surface area contributed by atoms with Crippen LogP contribution in [-0.2, 0) is 11.3 Å². The fraction of sp³-hybridized carbons (Fsp3) is 0.222. The number of fused-ring (bicyclic) bond motifs is 2. The predicted octanol–water partition coefficient (Wildman–Crippen LogP) is 5.51. The molecule has 5 rings (SSSR count). The molecule has 0 unspecified atom stereocenters. The van der Waals surface area contributed by atoms with Gasteiger partial charge < -0.3 is 16.4 Å². The van der Waals surface area contributed by atoms with Crippen LogP contribution in [0.3, 0.4) is 0 Å². The summed E-state index contributed by atoms with van der Waals surface area (Å²) in [5, 5.41) is 10.7. The van der Waals surface area contributed by atoms with Gasteiger partial charge in [-0.05, 0) is 47.9 Å². The molecule has 2 aromatic heterocycles. The van der Waals surface area contributed by atoms with Crippen molar-refractivity contribution < 1.29 is 9.59 Å². The summed E-state index contributed by atoms with van der Waals surface area (Å²) in [5.74, 6) is -0.843. The minimum Gasteiger partial charge on any atom is -0.398 e. The number of amides is 2. The van der Waals surface area contributed by atoms with E-state index in [-0.39, 0.29) is 25.5 Å². The van der Waals surface area contributed by atoms with Gasteiger partial charge in [0.1, 0.15) is 5.69 Å². The number of anilines is 1. The number of hydrogen-bond donors (Lipinski definition) is 3. The van der Waals surface area contributed by atoms with Gasteiger partial charge in [0.25, 0.3) is 5.91 Å². The topological polar surface area (TPSA) is 118 Å². The first kappa shape index (κ1) is 25.7. The zero-order chi connectivity index (χ0) is 24.6. The van der Waals surface area contributed by atoms with Gasteiger partial charge in [-0.2, -0.15) is 5.10 Å². The van der Waals surface area contributed by atoms with Crippen LogP contribution < -0.4 is 11.5 Å². The number of benzene rings is 2. The highest BCUT2D eigenvalue weighted by atomic mass is 32.1. The molecule has 0 spiro atoms. The van der Waals surface area contributed by atoms with Gasteiger partial charge in [-0.25, -0.2) is 0 Å². The SMILES string of the molecule is C.C=C(CN1Cc2c(-c3ccc4[nH]nc(-c5csc(C)c5)c4c3)ccc(N)c2C1=O)C(N)=O.CC. The molecule has 0 saturated carbocycles. The van der Waals surface area contributed by atoms with E-state index in [1.165, 1.54) is 4.88 Å². The molecule has 0 fully saturated rings. The molecule has 35 heavy (non-hydrogen) atoms. The average molecular weight is 490 g/mol. The summed E-state index contributed by atoms with van der Waals surface area (Å²) in [7, 11) is 0. The molecule has 0 radical (unpaired) electrons. The number of H-pyrrole nitrogens is 1. The molecule has 2 amide bonds. The van der Waals surface area contributed by atoms with Crippen molar-refractivity contribution >= 4 is 39.7 Å². The molecule has 0 atom stereocenters. The van der Waals surface area contributed by atoms with Crippen molar-refractivity contribution in [3.05, 3.63) is 69.9 Å². The van der Waals surface area contributed by atoms with Gasteiger partial charge >= 0.3 is 0 Å². The number of aromatic nitrogens is 2. The number of thiophene rings is 1. The van der Waals surface area contributed by atoms with Crippen LogP contribution >= 0.6 is 11.3 Å². The molecule has 0 aliphatic carbocycles. The standard InChI is InChI=1S/C24H21N5O2S.C2H6.CH4/c1-12(23(26)30)9-29-10-18-16(4-5-19(25)21(18)24(29)31)14-3-6-20-17(8-14)22(28-27-20)15-7-13(2)32-11-15;1-2;/h3-8,11H,1,9-10,25H2,2H3,(H2,26,30)(H,27,28);1-2H3;1H4. The predicted molar refractivity (Wildman–Crippen MR) is 145 cm³/mol. The Hall–Kier alpha value is -3.91. The second-order valence-corrected chi connectivity index (χ2v) is 9.08. The number of carbonyl (C=O) groups is 2. The highest BCUT2D eigenvalue weighted by Gasteiger charge is 2.32. The number of hydrogen-bond acceptors (Lipinski definition) is 5. The Kier molecular flexibility index (Phi) is 7.45. The van der Waals surface area contributed by atoms with Crippen molar-refractivity contribution in [1.29, 1.82) is 0 Å². The second kappa shape index (κ2) is 10.1.